The summed E-state index contributed by atoms with van der Waals surface area (Å²) in [6.07, 6.45) is 0. The first-order valence-corrected chi connectivity index (χ1v) is 6.79. The van der Waals surface area contributed by atoms with E-state index in [1.807, 2.05) is 0 Å². The standard InChI is InChI=1S/C12H21NSe.W/c1-8(2)13-10(4)14-9(3)11(13)12(5,6)7;/h1-7H3;. The van der Waals surface area contributed by atoms with E-state index in [-0.39, 0.29) is 26.5 Å². The van der Waals surface area contributed by atoms with E-state index in [4.69, 9.17) is 0 Å². The summed E-state index contributed by atoms with van der Waals surface area (Å²) in [5.41, 5.74) is 1.79. The van der Waals surface area contributed by atoms with Crippen LogP contribution >= 0.6 is 0 Å². The fraction of sp³-hybridized carbons (Fsp3) is 0.667. The summed E-state index contributed by atoms with van der Waals surface area (Å²) in [4.78, 5) is 0. The zero-order valence-corrected chi connectivity index (χ0v) is 15.4. The third-order valence-electron chi connectivity index (χ3n) is 2.33. The first kappa shape index (κ1) is 15.5. The fourth-order valence-electron chi connectivity index (χ4n) is 2.03. The Morgan fingerprint density at radius 1 is 1.13 bits per heavy atom. The quantitative estimate of drug-likeness (QED) is 0.358. The predicted octanol–water partition coefficient (Wildman–Crippen LogP) is 2.36. The largest absolute Gasteiger partial charge is 0 e. The monoisotopic (exact) mass is 443 g/mol. The Balaban J connectivity index is 0.00000196. The van der Waals surface area contributed by atoms with Gasteiger partial charge in [-0.3, -0.25) is 0 Å². The van der Waals surface area contributed by atoms with Gasteiger partial charge in [0.2, 0.25) is 0 Å². The molecule has 0 fully saturated rings. The van der Waals surface area contributed by atoms with Gasteiger partial charge in [0.15, 0.2) is 0 Å². The van der Waals surface area contributed by atoms with Crippen LogP contribution in [0.15, 0.2) is 0 Å². The summed E-state index contributed by atoms with van der Waals surface area (Å²) < 4.78 is 5.57. The Kier molecular flexibility index (Phi) is 5.38. The number of rotatable bonds is 1. The molecule has 0 saturated heterocycles. The number of hydrogen-bond acceptors (Lipinski definition) is 0. The molecule has 0 atom stereocenters. The van der Waals surface area contributed by atoms with Crippen LogP contribution in [0, 0.1) is 19.9 Å². The van der Waals surface area contributed by atoms with Crippen molar-refractivity contribution in [1.82, 2.24) is 0 Å². The van der Waals surface area contributed by atoms with E-state index in [0.717, 1.165) is 0 Å². The van der Waals surface area contributed by atoms with E-state index in [9.17, 15) is 0 Å². The third-order valence-corrected chi connectivity index (χ3v) is 4.38. The van der Waals surface area contributed by atoms with Gasteiger partial charge < -0.3 is 0 Å². The Hall–Kier alpha value is 0.488. The molecule has 0 saturated carbocycles. The van der Waals surface area contributed by atoms with Gasteiger partial charge in [-0.2, -0.15) is 0 Å². The van der Waals surface area contributed by atoms with E-state index >= 15 is 0 Å². The van der Waals surface area contributed by atoms with Crippen LogP contribution < -0.4 is 4.57 Å². The van der Waals surface area contributed by atoms with Crippen LogP contribution in [0.25, 0.3) is 0 Å². The van der Waals surface area contributed by atoms with Gasteiger partial charge in [0.05, 0.1) is 0 Å². The second kappa shape index (κ2) is 5.21. The van der Waals surface area contributed by atoms with Crippen LogP contribution in [0.3, 0.4) is 0 Å². The SMILES string of the molecule is Cc1[se]c(C)[n+]([C-](C)C)c1C(C)(C)C.[W]. The summed E-state index contributed by atoms with van der Waals surface area (Å²) in [6.45, 7) is 15.8. The van der Waals surface area contributed by atoms with Gasteiger partial charge in [-0.25, -0.2) is 0 Å². The molecule has 0 aromatic carbocycles. The molecule has 0 bridgehead atoms. The second-order valence-corrected chi connectivity index (χ2v) is 8.01. The van der Waals surface area contributed by atoms with Gasteiger partial charge in [-0.15, -0.1) is 0 Å². The molecule has 0 unspecified atom stereocenters. The summed E-state index contributed by atoms with van der Waals surface area (Å²) in [7, 11) is 0. The summed E-state index contributed by atoms with van der Waals surface area (Å²) in [6, 6.07) is 1.39. The Morgan fingerprint density at radius 2 is 1.60 bits per heavy atom. The van der Waals surface area contributed by atoms with E-state index in [1.54, 1.807) is 4.44 Å². The minimum Gasteiger partial charge on any atom is 0 e. The van der Waals surface area contributed by atoms with Crippen molar-refractivity contribution in [2.45, 2.75) is 53.9 Å². The topological polar surface area (TPSA) is 3.88 Å². The van der Waals surface area contributed by atoms with Crippen molar-refractivity contribution in [2.75, 3.05) is 0 Å². The maximum Gasteiger partial charge on any atom is 0 e. The second-order valence-electron chi connectivity index (χ2n) is 5.06. The summed E-state index contributed by atoms with van der Waals surface area (Å²) >= 11 is 0.569. The molecule has 15 heavy (non-hydrogen) atoms. The maximum atomic E-state index is 2.45. The number of aryl methyl sites for hydroxylation is 2. The molecule has 0 N–H and O–H groups in total. The third kappa shape index (κ3) is 3.22. The Morgan fingerprint density at radius 3 is 1.87 bits per heavy atom. The number of aromatic nitrogens is 1. The van der Waals surface area contributed by atoms with Gasteiger partial charge in [-0.05, 0) is 0 Å². The van der Waals surface area contributed by atoms with E-state index < -0.39 is 0 Å². The Bertz CT molecular complexity index is 334. The molecule has 1 nitrogen and oxygen atoms in total. The van der Waals surface area contributed by atoms with Crippen LogP contribution in [-0.2, 0) is 26.5 Å². The van der Waals surface area contributed by atoms with Crippen molar-refractivity contribution in [3.63, 3.8) is 0 Å². The van der Waals surface area contributed by atoms with Gasteiger partial charge in [0, 0.05) is 21.1 Å². The minimum atomic E-state index is 0. The molecule has 0 amide bonds. The molecule has 1 heterocycles. The van der Waals surface area contributed by atoms with Crippen LogP contribution in [-0.4, -0.2) is 14.5 Å². The van der Waals surface area contributed by atoms with Gasteiger partial charge in [-0.1, -0.05) is 0 Å². The zero-order valence-electron chi connectivity index (χ0n) is 10.8. The molecule has 0 aliphatic carbocycles. The zero-order chi connectivity index (χ0) is 11.1. The first-order chi connectivity index (χ1) is 6.25. The molecule has 1 aromatic heterocycles. The number of hydrogen-bond donors (Lipinski definition) is 0. The van der Waals surface area contributed by atoms with Crippen molar-refractivity contribution in [3.05, 3.63) is 20.7 Å². The molecule has 0 aliphatic rings. The average Bonchev–Trinajstić information content (AvgIpc) is 2.23. The fourth-order valence-corrected chi connectivity index (χ4v) is 4.76. The van der Waals surface area contributed by atoms with Crippen molar-refractivity contribution in [1.29, 1.82) is 0 Å². The van der Waals surface area contributed by atoms with Gasteiger partial charge in [0.1, 0.15) is 0 Å². The van der Waals surface area contributed by atoms with Crippen molar-refractivity contribution >= 4 is 14.5 Å². The van der Waals surface area contributed by atoms with Gasteiger partial charge >= 0.3 is 93.7 Å². The van der Waals surface area contributed by atoms with Crippen molar-refractivity contribution in [3.8, 4) is 0 Å². The van der Waals surface area contributed by atoms with Gasteiger partial charge in [0.25, 0.3) is 0 Å². The summed E-state index contributed by atoms with van der Waals surface area (Å²) in [5.74, 6) is 0. The van der Waals surface area contributed by atoms with Crippen LogP contribution in [0.2, 0.25) is 0 Å². The smallest absolute Gasteiger partial charge is 0 e. The maximum absolute atomic E-state index is 2.45. The van der Waals surface area contributed by atoms with Crippen LogP contribution in [0.4, 0.5) is 0 Å². The molecule has 1 rings (SSSR count). The molecular weight excluding hydrogens is 421 g/mol. The molecule has 0 radical (unpaired) electrons. The van der Waals surface area contributed by atoms with E-state index in [2.05, 4.69) is 53.0 Å². The molecular formula is C12H21NSeW. The van der Waals surface area contributed by atoms with Crippen LogP contribution in [0.1, 0.15) is 49.3 Å². The van der Waals surface area contributed by atoms with Crippen LogP contribution in [0.5, 0.6) is 0 Å². The molecule has 1 aromatic rings. The predicted molar refractivity (Wildman–Crippen MR) is 61.7 cm³/mol. The number of nitrogens with zero attached hydrogens (tertiary/aromatic N) is 1. The molecule has 3 heteroatoms. The molecule has 0 aliphatic heterocycles. The minimum absolute atomic E-state index is 0. The summed E-state index contributed by atoms with van der Waals surface area (Å²) in [5, 5.41) is 0. The van der Waals surface area contributed by atoms with E-state index in [0.29, 0.717) is 14.5 Å². The average molecular weight is 442 g/mol. The molecule has 0 spiro atoms. The van der Waals surface area contributed by atoms with E-state index in [1.165, 1.54) is 16.3 Å². The molecule has 86 valence electrons. The van der Waals surface area contributed by atoms with Crippen molar-refractivity contribution in [2.24, 2.45) is 0 Å². The Labute approximate surface area is 114 Å². The normalized spacial score (nSPS) is 11.1. The van der Waals surface area contributed by atoms with Crippen molar-refractivity contribution < 1.29 is 25.6 Å². The first-order valence-electron chi connectivity index (χ1n) is 5.08.